The average molecular weight is 367 g/mol. The molecule has 0 saturated carbocycles. The zero-order chi connectivity index (χ0) is 15.5. The van der Waals surface area contributed by atoms with Crippen molar-refractivity contribution in [2.45, 2.75) is 26.3 Å². The van der Waals surface area contributed by atoms with Crippen molar-refractivity contribution in [2.24, 2.45) is 5.92 Å². The molecule has 0 aromatic heterocycles. The average Bonchev–Trinajstić information content (AvgIpc) is 2.45. The quantitative estimate of drug-likeness (QED) is 0.870. The Morgan fingerprint density at radius 3 is 2.77 bits per heavy atom. The van der Waals surface area contributed by atoms with Gasteiger partial charge < -0.3 is 5.32 Å². The van der Waals surface area contributed by atoms with Gasteiger partial charge >= 0.3 is 0 Å². The molecule has 0 radical (unpaired) electrons. The van der Waals surface area contributed by atoms with Gasteiger partial charge in [-0.15, -0.1) is 12.4 Å². The SMILES string of the molecule is CC(C)CCS(=O)(=O)N1CCNCC1c1cccc(Cl)c1.Cl. The van der Waals surface area contributed by atoms with E-state index in [4.69, 9.17) is 11.6 Å². The second-order valence-corrected chi connectivity index (χ2v) is 8.36. The molecule has 0 spiro atoms. The van der Waals surface area contributed by atoms with Crippen molar-refractivity contribution in [2.75, 3.05) is 25.4 Å². The number of nitrogens with zero attached hydrogens (tertiary/aromatic N) is 1. The van der Waals surface area contributed by atoms with Crippen LogP contribution in [0.2, 0.25) is 5.02 Å². The smallest absolute Gasteiger partial charge is 0.214 e. The van der Waals surface area contributed by atoms with Crippen molar-refractivity contribution < 1.29 is 8.42 Å². The van der Waals surface area contributed by atoms with Gasteiger partial charge in [-0.3, -0.25) is 0 Å². The molecule has 0 bridgehead atoms. The maximum atomic E-state index is 12.6. The van der Waals surface area contributed by atoms with Crippen LogP contribution in [0.5, 0.6) is 0 Å². The van der Waals surface area contributed by atoms with Gasteiger partial charge in [0.1, 0.15) is 0 Å². The first-order chi connectivity index (χ1) is 9.90. The predicted octanol–water partition coefficient (Wildman–Crippen LogP) is 3.08. The summed E-state index contributed by atoms with van der Waals surface area (Å²) in [4.78, 5) is 0. The van der Waals surface area contributed by atoms with Gasteiger partial charge in [-0.25, -0.2) is 8.42 Å². The summed E-state index contributed by atoms with van der Waals surface area (Å²) in [5.41, 5.74) is 0.947. The summed E-state index contributed by atoms with van der Waals surface area (Å²) in [6.07, 6.45) is 0.689. The van der Waals surface area contributed by atoms with E-state index in [1.807, 2.05) is 32.0 Å². The number of hydrogen-bond donors (Lipinski definition) is 1. The van der Waals surface area contributed by atoms with Crippen LogP contribution in [-0.4, -0.2) is 38.1 Å². The van der Waals surface area contributed by atoms with E-state index in [-0.39, 0.29) is 24.2 Å². The molecule has 1 aliphatic rings. The highest BCUT2D eigenvalue weighted by Gasteiger charge is 2.33. The summed E-state index contributed by atoms with van der Waals surface area (Å²) in [5.74, 6) is 0.592. The standard InChI is InChI=1S/C15H23ClN2O2S.ClH/c1-12(2)6-9-21(19,20)18-8-7-17-11-15(18)13-4-3-5-14(16)10-13;/h3-5,10,12,15,17H,6-9,11H2,1-2H3;1H. The lowest BCUT2D eigenvalue weighted by atomic mass is 10.1. The lowest BCUT2D eigenvalue weighted by Gasteiger charge is -2.35. The Morgan fingerprint density at radius 2 is 2.14 bits per heavy atom. The molecule has 1 heterocycles. The summed E-state index contributed by atoms with van der Waals surface area (Å²) in [5, 5.41) is 3.91. The summed E-state index contributed by atoms with van der Waals surface area (Å²) in [6.45, 7) is 5.92. The van der Waals surface area contributed by atoms with Crippen LogP contribution in [-0.2, 0) is 10.0 Å². The fourth-order valence-corrected chi connectivity index (χ4v) is 4.67. The Hall–Kier alpha value is -0.330. The van der Waals surface area contributed by atoms with E-state index in [2.05, 4.69) is 5.32 Å². The first-order valence-corrected chi connectivity index (χ1v) is 9.34. The maximum absolute atomic E-state index is 12.6. The number of benzene rings is 1. The van der Waals surface area contributed by atoms with E-state index in [0.29, 0.717) is 37.0 Å². The van der Waals surface area contributed by atoms with Crippen molar-refractivity contribution in [1.82, 2.24) is 9.62 Å². The van der Waals surface area contributed by atoms with Crippen molar-refractivity contribution in [3.05, 3.63) is 34.9 Å². The molecule has 1 aromatic carbocycles. The minimum atomic E-state index is -3.24. The molecule has 1 aliphatic heterocycles. The molecule has 22 heavy (non-hydrogen) atoms. The van der Waals surface area contributed by atoms with Gasteiger partial charge in [0.15, 0.2) is 0 Å². The molecule has 1 aromatic rings. The van der Waals surface area contributed by atoms with E-state index in [0.717, 1.165) is 5.56 Å². The molecule has 1 atom stereocenters. The molecular formula is C15H24Cl2N2O2S. The van der Waals surface area contributed by atoms with Gasteiger partial charge in [-0.05, 0) is 30.0 Å². The number of sulfonamides is 1. The van der Waals surface area contributed by atoms with Crippen LogP contribution < -0.4 is 5.32 Å². The van der Waals surface area contributed by atoms with Gasteiger partial charge in [-0.1, -0.05) is 37.6 Å². The Labute approximate surface area is 144 Å². The second kappa shape index (κ2) is 8.50. The highest BCUT2D eigenvalue weighted by Crippen LogP contribution is 2.27. The first-order valence-electron chi connectivity index (χ1n) is 7.36. The summed E-state index contributed by atoms with van der Waals surface area (Å²) in [6, 6.07) is 7.29. The number of nitrogens with one attached hydrogen (secondary N) is 1. The van der Waals surface area contributed by atoms with Crippen molar-refractivity contribution >= 4 is 34.0 Å². The molecule has 1 N–H and O–H groups in total. The number of piperazine rings is 1. The third-order valence-corrected chi connectivity index (χ3v) is 5.88. The van der Waals surface area contributed by atoms with Crippen molar-refractivity contribution in [3.8, 4) is 0 Å². The van der Waals surface area contributed by atoms with Gasteiger partial charge in [0.05, 0.1) is 11.8 Å². The van der Waals surface area contributed by atoms with Crippen LogP contribution in [0, 0.1) is 5.92 Å². The van der Waals surface area contributed by atoms with Gasteiger partial charge in [0, 0.05) is 24.7 Å². The normalized spacial score (nSPS) is 19.9. The molecule has 4 nitrogen and oxygen atoms in total. The molecule has 0 amide bonds. The third kappa shape index (κ3) is 5.10. The second-order valence-electron chi connectivity index (χ2n) is 5.88. The number of rotatable bonds is 5. The van der Waals surface area contributed by atoms with E-state index in [1.54, 1.807) is 10.4 Å². The lowest BCUT2D eigenvalue weighted by molar-refractivity contribution is 0.271. The van der Waals surface area contributed by atoms with Crippen molar-refractivity contribution in [1.29, 1.82) is 0 Å². The highest BCUT2D eigenvalue weighted by molar-refractivity contribution is 7.89. The Kier molecular flexibility index (Phi) is 7.62. The third-order valence-electron chi connectivity index (χ3n) is 3.74. The monoisotopic (exact) mass is 366 g/mol. The van der Waals surface area contributed by atoms with E-state index in [9.17, 15) is 8.42 Å². The number of halogens is 2. The molecule has 1 unspecified atom stereocenters. The zero-order valence-electron chi connectivity index (χ0n) is 13.0. The fraction of sp³-hybridized carbons (Fsp3) is 0.600. The van der Waals surface area contributed by atoms with Crippen LogP contribution in [0.15, 0.2) is 24.3 Å². The number of hydrogen-bond acceptors (Lipinski definition) is 3. The summed E-state index contributed by atoms with van der Waals surface area (Å²) < 4.78 is 26.9. The minimum Gasteiger partial charge on any atom is -0.313 e. The molecule has 126 valence electrons. The molecule has 2 rings (SSSR count). The summed E-state index contributed by atoms with van der Waals surface area (Å²) in [7, 11) is -3.24. The molecular weight excluding hydrogens is 343 g/mol. The Bertz CT molecular complexity index is 579. The van der Waals surface area contributed by atoms with Crippen LogP contribution >= 0.6 is 24.0 Å². The van der Waals surface area contributed by atoms with E-state index < -0.39 is 10.0 Å². The molecule has 7 heteroatoms. The Morgan fingerprint density at radius 1 is 1.41 bits per heavy atom. The largest absolute Gasteiger partial charge is 0.313 e. The van der Waals surface area contributed by atoms with Gasteiger partial charge in [0.2, 0.25) is 10.0 Å². The Balaban J connectivity index is 0.00000242. The van der Waals surface area contributed by atoms with Crippen molar-refractivity contribution in [3.63, 3.8) is 0 Å². The summed E-state index contributed by atoms with van der Waals surface area (Å²) >= 11 is 6.04. The zero-order valence-corrected chi connectivity index (χ0v) is 15.3. The van der Waals surface area contributed by atoms with Crippen LogP contribution in [0.3, 0.4) is 0 Å². The predicted molar refractivity (Wildman–Crippen MR) is 94.3 cm³/mol. The first kappa shape index (κ1) is 19.7. The fourth-order valence-electron chi connectivity index (χ4n) is 2.52. The maximum Gasteiger partial charge on any atom is 0.214 e. The molecule has 1 fully saturated rings. The topological polar surface area (TPSA) is 49.4 Å². The lowest BCUT2D eigenvalue weighted by Crippen LogP contribution is -2.49. The van der Waals surface area contributed by atoms with Gasteiger partial charge in [-0.2, -0.15) is 4.31 Å². The van der Waals surface area contributed by atoms with Gasteiger partial charge in [0.25, 0.3) is 0 Å². The minimum absolute atomic E-state index is 0. The van der Waals surface area contributed by atoms with Crippen LogP contribution in [0.4, 0.5) is 0 Å². The highest BCUT2D eigenvalue weighted by atomic mass is 35.5. The molecule has 0 aliphatic carbocycles. The van der Waals surface area contributed by atoms with E-state index in [1.165, 1.54) is 0 Å². The van der Waals surface area contributed by atoms with Crippen LogP contribution in [0.1, 0.15) is 31.9 Å². The van der Waals surface area contributed by atoms with E-state index >= 15 is 0 Å². The molecule has 1 saturated heterocycles. The van der Waals surface area contributed by atoms with Crippen LogP contribution in [0.25, 0.3) is 0 Å².